The van der Waals surface area contributed by atoms with Gasteiger partial charge in [0, 0.05) is 16.7 Å². The third kappa shape index (κ3) is 3.66. The number of pyridine rings is 1. The molecule has 0 aliphatic carbocycles. The first-order valence-corrected chi connectivity index (χ1v) is 6.68. The van der Waals surface area contributed by atoms with Crippen LogP contribution in [0.1, 0.15) is 5.56 Å². The molecule has 0 atom stereocenters. The minimum atomic E-state index is 0.101. The Morgan fingerprint density at radius 2 is 2.10 bits per heavy atom. The zero-order valence-electron chi connectivity index (χ0n) is 10.1. The van der Waals surface area contributed by atoms with Gasteiger partial charge in [-0.1, -0.05) is 0 Å². The summed E-state index contributed by atoms with van der Waals surface area (Å²) in [6.45, 7) is 0. The number of hydrogen-bond acceptors (Lipinski definition) is 4. The normalized spacial score (nSPS) is 9.60. The summed E-state index contributed by atoms with van der Waals surface area (Å²) >= 11 is 8.11. The van der Waals surface area contributed by atoms with Crippen molar-refractivity contribution < 1.29 is 4.74 Å². The molecule has 100 valence electrons. The molecule has 0 bridgehead atoms. The van der Waals surface area contributed by atoms with Crippen molar-refractivity contribution in [2.24, 2.45) is 5.73 Å². The van der Waals surface area contributed by atoms with Crippen LogP contribution >= 0.6 is 28.1 Å². The molecule has 0 saturated carbocycles. The Morgan fingerprint density at radius 1 is 1.40 bits per heavy atom. The van der Waals surface area contributed by atoms with Gasteiger partial charge in [-0.3, -0.25) is 0 Å². The van der Waals surface area contributed by atoms with Crippen LogP contribution in [0.3, 0.4) is 0 Å². The van der Waals surface area contributed by atoms with E-state index in [-0.39, 0.29) is 5.11 Å². The number of halogens is 1. The number of hydrogen-bond donors (Lipinski definition) is 2. The summed E-state index contributed by atoms with van der Waals surface area (Å²) in [4.78, 5) is 4.15. The number of benzene rings is 1. The van der Waals surface area contributed by atoms with E-state index in [9.17, 15) is 0 Å². The molecule has 0 saturated heterocycles. The van der Waals surface area contributed by atoms with Crippen molar-refractivity contribution in [3.05, 3.63) is 46.6 Å². The van der Waals surface area contributed by atoms with Gasteiger partial charge < -0.3 is 15.8 Å². The van der Waals surface area contributed by atoms with Gasteiger partial charge in [-0.05, 0) is 52.4 Å². The van der Waals surface area contributed by atoms with Crippen LogP contribution in [0.5, 0.6) is 11.5 Å². The molecule has 1 aromatic heterocycles. The third-order valence-corrected chi connectivity index (χ3v) is 2.81. The quantitative estimate of drug-likeness (QED) is 0.828. The molecule has 1 aromatic carbocycles. The molecule has 0 radical (unpaired) electrons. The van der Waals surface area contributed by atoms with E-state index in [0.29, 0.717) is 22.9 Å². The van der Waals surface area contributed by atoms with Crippen molar-refractivity contribution in [1.29, 1.82) is 5.26 Å². The summed E-state index contributed by atoms with van der Waals surface area (Å²) in [6, 6.07) is 10.5. The summed E-state index contributed by atoms with van der Waals surface area (Å²) in [5.41, 5.74) is 6.00. The van der Waals surface area contributed by atoms with Crippen molar-refractivity contribution in [1.82, 2.24) is 4.98 Å². The van der Waals surface area contributed by atoms with Crippen LogP contribution in [0, 0.1) is 11.3 Å². The van der Waals surface area contributed by atoms with Gasteiger partial charge in [0.05, 0.1) is 11.6 Å². The van der Waals surface area contributed by atoms with E-state index >= 15 is 0 Å². The van der Waals surface area contributed by atoms with Crippen LogP contribution in [-0.4, -0.2) is 10.1 Å². The second-order valence-electron chi connectivity index (χ2n) is 3.73. The van der Waals surface area contributed by atoms with E-state index in [1.54, 1.807) is 36.5 Å². The van der Waals surface area contributed by atoms with Crippen LogP contribution < -0.4 is 15.8 Å². The number of thiocarbonyl (C=S) groups is 1. The van der Waals surface area contributed by atoms with Gasteiger partial charge >= 0.3 is 0 Å². The van der Waals surface area contributed by atoms with Gasteiger partial charge in [0.1, 0.15) is 5.75 Å². The summed E-state index contributed by atoms with van der Waals surface area (Å²) in [5.74, 6) is 1.47. The lowest BCUT2D eigenvalue weighted by Gasteiger charge is -2.11. The Hall–Kier alpha value is -2.17. The van der Waals surface area contributed by atoms with Crippen molar-refractivity contribution in [2.75, 3.05) is 5.32 Å². The first-order chi connectivity index (χ1) is 9.58. The van der Waals surface area contributed by atoms with E-state index < -0.39 is 0 Å². The molecule has 0 aliphatic heterocycles. The molecular weight excluding hydrogens is 340 g/mol. The maximum atomic E-state index is 8.75. The molecule has 0 fully saturated rings. The Morgan fingerprint density at radius 3 is 2.70 bits per heavy atom. The third-order valence-electron chi connectivity index (χ3n) is 2.27. The number of rotatable bonds is 3. The number of aromatic nitrogens is 1. The largest absolute Gasteiger partial charge is 0.453 e. The lowest BCUT2D eigenvalue weighted by atomic mass is 10.2. The first kappa shape index (κ1) is 14.2. The van der Waals surface area contributed by atoms with Crippen molar-refractivity contribution in [3.63, 3.8) is 0 Å². The Balaban J connectivity index is 2.29. The van der Waals surface area contributed by atoms with Crippen molar-refractivity contribution in [2.45, 2.75) is 0 Å². The number of nitrogens with zero attached hydrogens (tertiary/aromatic N) is 2. The molecule has 7 heteroatoms. The highest BCUT2D eigenvalue weighted by molar-refractivity contribution is 9.10. The van der Waals surface area contributed by atoms with E-state index in [2.05, 4.69) is 26.2 Å². The topological polar surface area (TPSA) is 84.0 Å². The predicted molar refractivity (Wildman–Crippen MR) is 83.6 cm³/mol. The highest BCUT2D eigenvalue weighted by Crippen LogP contribution is 2.30. The number of nitrogens with two attached hydrogens (primary N) is 1. The molecule has 0 spiro atoms. The van der Waals surface area contributed by atoms with Gasteiger partial charge in [-0.15, -0.1) is 0 Å². The molecule has 20 heavy (non-hydrogen) atoms. The first-order valence-electron chi connectivity index (χ1n) is 5.48. The van der Waals surface area contributed by atoms with E-state index in [1.165, 1.54) is 0 Å². The highest BCUT2D eigenvalue weighted by Gasteiger charge is 2.08. The van der Waals surface area contributed by atoms with E-state index in [0.717, 1.165) is 4.47 Å². The fourth-order valence-electron chi connectivity index (χ4n) is 1.43. The molecule has 2 rings (SSSR count). The van der Waals surface area contributed by atoms with Crippen LogP contribution in [-0.2, 0) is 0 Å². The second-order valence-corrected chi connectivity index (χ2v) is 5.08. The zero-order valence-corrected chi connectivity index (χ0v) is 12.5. The Bertz CT molecular complexity index is 682. The number of ether oxygens (including phenoxy) is 1. The molecular formula is C13H9BrN4OS. The van der Waals surface area contributed by atoms with Gasteiger partial charge in [-0.25, -0.2) is 4.98 Å². The SMILES string of the molecule is N#Cc1ccc(Oc2cc(Br)cnc2NC(N)=S)cc1. The maximum Gasteiger partial charge on any atom is 0.175 e. The minimum absolute atomic E-state index is 0.101. The molecule has 0 aliphatic rings. The lowest BCUT2D eigenvalue weighted by molar-refractivity contribution is 0.482. The summed E-state index contributed by atoms with van der Waals surface area (Å²) < 4.78 is 6.47. The van der Waals surface area contributed by atoms with Crippen LogP contribution in [0.15, 0.2) is 41.0 Å². The van der Waals surface area contributed by atoms with Crippen LogP contribution in [0.2, 0.25) is 0 Å². The zero-order chi connectivity index (χ0) is 14.5. The Kier molecular flexibility index (Phi) is 4.50. The fourth-order valence-corrected chi connectivity index (χ4v) is 1.84. The van der Waals surface area contributed by atoms with E-state index in [4.69, 9.17) is 28.0 Å². The number of nitrogens with one attached hydrogen (secondary N) is 1. The minimum Gasteiger partial charge on any atom is -0.453 e. The van der Waals surface area contributed by atoms with Gasteiger partial charge in [0.15, 0.2) is 16.7 Å². The average Bonchev–Trinajstić information content (AvgIpc) is 2.42. The number of nitriles is 1. The summed E-state index contributed by atoms with van der Waals surface area (Å²) in [5, 5.41) is 11.6. The monoisotopic (exact) mass is 348 g/mol. The molecule has 1 heterocycles. The van der Waals surface area contributed by atoms with E-state index in [1.807, 2.05) is 6.07 Å². The standard InChI is InChI=1S/C13H9BrN4OS/c14-9-5-11(12(17-7-9)18-13(16)20)19-10-3-1-8(6-15)2-4-10/h1-5,7H,(H3,16,17,18,20). The maximum absolute atomic E-state index is 8.75. The van der Waals surface area contributed by atoms with Gasteiger partial charge in [-0.2, -0.15) is 5.26 Å². The van der Waals surface area contributed by atoms with Crippen molar-refractivity contribution >= 4 is 39.1 Å². The van der Waals surface area contributed by atoms with Crippen molar-refractivity contribution in [3.8, 4) is 17.6 Å². The molecule has 0 unspecified atom stereocenters. The average molecular weight is 349 g/mol. The summed E-state index contributed by atoms with van der Waals surface area (Å²) in [6.07, 6.45) is 1.60. The molecule has 3 N–H and O–H groups in total. The molecule has 5 nitrogen and oxygen atoms in total. The molecule has 2 aromatic rings. The Labute approximate surface area is 129 Å². The van der Waals surface area contributed by atoms with Crippen LogP contribution in [0.4, 0.5) is 5.82 Å². The van der Waals surface area contributed by atoms with Crippen LogP contribution in [0.25, 0.3) is 0 Å². The second kappa shape index (κ2) is 6.32. The fraction of sp³-hybridized carbons (Fsp3) is 0. The highest BCUT2D eigenvalue weighted by atomic mass is 79.9. The lowest BCUT2D eigenvalue weighted by Crippen LogP contribution is -2.20. The number of anilines is 1. The van der Waals surface area contributed by atoms with Gasteiger partial charge in [0.25, 0.3) is 0 Å². The smallest absolute Gasteiger partial charge is 0.175 e. The van der Waals surface area contributed by atoms with Gasteiger partial charge in [0.2, 0.25) is 0 Å². The summed E-state index contributed by atoms with van der Waals surface area (Å²) in [7, 11) is 0. The predicted octanol–water partition coefficient (Wildman–Crippen LogP) is 3.16. The molecule has 0 amide bonds.